The van der Waals surface area contributed by atoms with Crippen LogP contribution in [0.25, 0.3) is 10.9 Å². The molecule has 1 aliphatic carbocycles. The van der Waals surface area contributed by atoms with E-state index in [9.17, 15) is 14.9 Å². The number of nitrogens with one attached hydrogen (secondary N) is 1. The maximum absolute atomic E-state index is 15.6. The molecule has 1 aromatic carbocycles. The lowest BCUT2D eigenvalue weighted by Gasteiger charge is -2.46. The summed E-state index contributed by atoms with van der Waals surface area (Å²) in [4.78, 5) is 34.6. The van der Waals surface area contributed by atoms with Crippen molar-refractivity contribution in [1.29, 1.82) is 5.26 Å². The second-order valence-corrected chi connectivity index (χ2v) is 10.4. The summed E-state index contributed by atoms with van der Waals surface area (Å²) in [6, 6.07) is 8.68. The van der Waals surface area contributed by atoms with Gasteiger partial charge in [-0.1, -0.05) is 6.92 Å². The van der Waals surface area contributed by atoms with Crippen molar-refractivity contribution < 1.29 is 13.9 Å². The van der Waals surface area contributed by atoms with Gasteiger partial charge in [0.05, 0.1) is 11.7 Å². The largest absolute Gasteiger partial charge is 0.478 e. The molecule has 11 nitrogen and oxygen atoms in total. The quantitative estimate of drug-likeness (QED) is 0.439. The number of nitriles is 1. The number of carbonyl (C=O) groups excluding carboxylic acids is 1. The average molecular weight is 521 g/mol. The van der Waals surface area contributed by atoms with Gasteiger partial charge in [-0.2, -0.15) is 10.2 Å². The van der Waals surface area contributed by atoms with E-state index in [1.807, 2.05) is 11.8 Å². The number of amides is 1. The summed E-state index contributed by atoms with van der Waals surface area (Å²) in [7, 11) is 1.60. The highest BCUT2D eigenvalue weighted by Crippen LogP contribution is 2.60. The number of aryl methyl sites for hydroxylation is 1. The van der Waals surface area contributed by atoms with Gasteiger partial charge in [0, 0.05) is 48.6 Å². The molecule has 0 radical (unpaired) electrons. The Balaban J connectivity index is 1.46. The van der Waals surface area contributed by atoms with E-state index in [2.05, 4.69) is 21.4 Å². The molecule has 1 spiro atoms. The molecule has 198 valence electrons. The van der Waals surface area contributed by atoms with Crippen molar-refractivity contribution in [3.63, 3.8) is 0 Å². The maximum Gasteiger partial charge on any atom is 0.293 e. The number of pyridine rings is 1. The summed E-state index contributed by atoms with van der Waals surface area (Å²) in [5.41, 5.74) is 10.4. The number of primary amides is 1. The number of benzene rings is 1. The van der Waals surface area contributed by atoms with Crippen LogP contribution in [0.2, 0.25) is 0 Å². The SMILES string of the molecule is CC1CN(c2ncc(C#N)c(Nc3ccc4c(c3)cc(OCC(N)=O)c(=O)n4C)n2)CC2(CC2N)C1(C)F. The van der Waals surface area contributed by atoms with Crippen LogP contribution >= 0.6 is 0 Å². The number of fused-ring (bicyclic) bond motifs is 1. The van der Waals surface area contributed by atoms with Crippen LogP contribution in [0.4, 0.5) is 21.8 Å². The normalized spacial score (nSPS) is 26.3. The van der Waals surface area contributed by atoms with E-state index in [0.29, 0.717) is 47.9 Å². The summed E-state index contributed by atoms with van der Waals surface area (Å²) < 4.78 is 22.3. The predicted octanol–water partition coefficient (Wildman–Crippen LogP) is 1.71. The molecule has 4 unspecified atom stereocenters. The Bertz CT molecular complexity index is 1550. The minimum atomic E-state index is -1.39. The fourth-order valence-corrected chi connectivity index (χ4v) is 5.40. The first-order valence-electron chi connectivity index (χ1n) is 12.3. The molecule has 0 bridgehead atoms. The van der Waals surface area contributed by atoms with E-state index in [1.165, 1.54) is 16.8 Å². The molecule has 5 N–H and O–H groups in total. The van der Waals surface area contributed by atoms with Gasteiger partial charge in [0.1, 0.15) is 17.3 Å². The number of alkyl halides is 1. The van der Waals surface area contributed by atoms with Gasteiger partial charge in [-0.3, -0.25) is 9.59 Å². The van der Waals surface area contributed by atoms with E-state index < -0.39 is 29.2 Å². The summed E-state index contributed by atoms with van der Waals surface area (Å²) in [6.45, 7) is 3.90. The summed E-state index contributed by atoms with van der Waals surface area (Å²) >= 11 is 0. The fourth-order valence-electron chi connectivity index (χ4n) is 5.40. The van der Waals surface area contributed by atoms with Crippen molar-refractivity contribution in [1.82, 2.24) is 14.5 Å². The van der Waals surface area contributed by atoms with Crippen LogP contribution in [0.3, 0.4) is 0 Å². The second kappa shape index (κ2) is 8.95. The highest BCUT2D eigenvalue weighted by molar-refractivity contribution is 5.85. The Kier molecular flexibility index (Phi) is 5.99. The third kappa shape index (κ3) is 4.09. The smallest absolute Gasteiger partial charge is 0.293 e. The lowest BCUT2D eigenvalue weighted by Crippen LogP contribution is -2.57. The predicted molar refractivity (Wildman–Crippen MR) is 140 cm³/mol. The molecule has 3 aromatic rings. The second-order valence-electron chi connectivity index (χ2n) is 10.4. The van der Waals surface area contributed by atoms with Gasteiger partial charge in [0.15, 0.2) is 18.2 Å². The average Bonchev–Trinajstić information content (AvgIpc) is 3.54. The first-order chi connectivity index (χ1) is 18.0. The topological polar surface area (TPSA) is 165 Å². The number of hydrogen-bond donors (Lipinski definition) is 3. The van der Waals surface area contributed by atoms with Crippen LogP contribution in [-0.4, -0.2) is 51.8 Å². The Labute approximate surface area is 218 Å². The standard InChI is InChI=1S/C26H29FN8O3/c1-14-11-35(13-26(8-20(26)29)25(14,2)27)24-31-10-16(9-28)22(33-24)32-17-4-5-18-15(6-17)7-19(23(37)34(18)3)38-12-21(30)36/h4-7,10,14,20H,8,11-13,29H2,1-3H3,(H2,30,36)(H,31,32,33). The number of halogens is 1. The van der Waals surface area contributed by atoms with Gasteiger partial charge >= 0.3 is 0 Å². The van der Waals surface area contributed by atoms with Crippen molar-refractivity contribution in [3.8, 4) is 11.8 Å². The van der Waals surface area contributed by atoms with E-state index in [-0.39, 0.29) is 23.3 Å². The van der Waals surface area contributed by atoms with Crippen LogP contribution in [0.15, 0.2) is 35.3 Å². The Morgan fingerprint density at radius 2 is 2.13 bits per heavy atom. The molecule has 5 rings (SSSR count). The Hall–Kier alpha value is -4.24. The molecule has 2 aromatic heterocycles. The van der Waals surface area contributed by atoms with Crippen molar-refractivity contribution >= 4 is 34.3 Å². The number of nitrogens with zero attached hydrogens (tertiary/aromatic N) is 5. The van der Waals surface area contributed by atoms with Crippen LogP contribution in [-0.2, 0) is 11.8 Å². The molecule has 12 heteroatoms. The molecule has 1 saturated heterocycles. The number of carbonyl (C=O) groups is 1. The van der Waals surface area contributed by atoms with Crippen molar-refractivity contribution in [3.05, 3.63) is 46.4 Å². The molecule has 2 aliphatic rings. The number of nitrogens with two attached hydrogens (primary N) is 2. The minimum absolute atomic E-state index is 0.00993. The van der Waals surface area contributed by atoms with E-state index in [1.54, 1.807) is 32.2 Å². The highest BCUT2D eigenvalue weighted by Gasteiger charge is 2.68. The number of piperidine rings is 1. The lowest BCUT2D eigenvalue weighted by atomic mass is 9.74. The van der Waals surface area contributed by atoms with Crippen molar-refractivity contribution in [2.24, 2.45) is 29.8 Å². The number of hydrogen-bond acceptors (Lipinski definition) is 9. The zero-order valence-electron chi connectivity index (χ0n) is 21.4. The molecule has 2 fully saturated rings. The van der Waals surface area contributed by atoms with Crippen molar-refractivity contribution in [2.75, 3.05) is 29.9 Å². The van der Waals surface area contributed by atoms with Crippen LogP contribution in [0.5, 0.6) is 5.75 Å². The molecule has 1 aliphatic heterocycles. The monoisotopic (exact) mass is 520 g/mol. The van der Waals surface area contributed by atoms with Gasteiger partial charge < -0.3 is 31.0 Å². The highest BCUT2D eigenvalue weighted by atomic mass is 19.1. The Morgan fingerprint density at radius 1 is 1.39 bits per heavy atom. The lowest BCUT2D eigenvalue weighted by molar-refractivity contribution is -0.119. The van der Waals surface area contributed by atoms with Gasteiger partial charge in [-0.25, -0.2) is 9.37 Å². The summed E-state index contributed by atoms with van der Waals surface area (Å²) in [5.74, 6) is -0.303. The zero-order chi connectivity index (χ0) is 27.4. The number of rotatable bonds is 6. The third-order valence-electron chi connectivity index (χ3n) is 8.00. The molecule has 1 amide bonds. The molecular formula is C26H29FN8O3. The maximum atomic E-state index is 15.6. The van der Waals surface area contributed by atoms with E-state index >= 15 is 4.39 Å². The van der Waals surface area contributed by atoms with E-state index in [0.717, 1.165) is 0 Å². The molecule has 38 heavy (non-hydrogen) atoms. The van der Waals surface area contributed by atoms with E-state index in [4.69, 9.17) is 16.2 Å². The first kappa shape index (κ1) is 25.4. The third-order valence-corrected chi connectivity index (χ3v) is 8.00. The number of ether oxygens (including phenoxy) is 1. The first-order valence-corrected chi connectivity index (χ1v) is 12.3. The van der Waals surface area contributed by atoms with Gasteiger partial charge in [-0.15, -0.1) is 0 Å². The fraction of sp³-hybridized carbons (Fsp3) is 0.423. The molecule has 1 saturated carbocycles. The number of aromatic nitrogens is 3. The van der Waals surface area contributed by atoms with Gasteiger partial charge in [0.25, 0.3) is 11.5 Å². The van der Waals surface area contributed by atoms with Gasteiger partial charge in [0.2, 0.25) is 5.95 Å². The van der Waals surface area contributed by atoms with Crippen LogP contribution < -0.4 is 32.0 Å². The van der Waals surface area contributed by atoms with Crippen LogP contribution in [0.1, 0.15) is 25.8 Å². The molecule has 4 atom stereocenters. The minimum Gasteiger partial charge on any atom is -0.478 e. The Morgan fingerprint density at radius 3 is 2.79 bits per heavy atom. The number of anilines is 3. The van der Waals surface area contributed by atoms with Gasteiger partial charge in [-0.05, 0) is 37.6 Å². The summed E-state index contributed by atoms with van der Waals surface area (Å²) in [6.07, 6.45) is 2.05. The zero-order valence-corrected chi connectivity index (χ0v) is 21.4. The summed E-state index contributed by atoms with van der Waals surface area (Å²) in [5, 5.41) is 13.5. The molecule has 3 heterocycles. The van der Waals surface area contributed by atoms with Crippen LogP contribution in [0, 0.1) is 22.7 Å². The molecular weight excluding hydrogens is 491 g/mol. The van der Waals surface area contributed by atoms with Crippen molar-refractivity contribution in [2.45, 2.75) is 32.0 Å².